The van der Waals surface area contributed by atoms with Crippen LogP contribution >= 0.6 is 11.8 Å². The summed E-state index contributed by atoms with van der Waals surface area (Å²) in [5.74, 6) is 0. The van der Waals surface area contributed by atoms with Gasteiger partial charge in [0.2, 0.25) is 0 Å². The van der Waals surface area contributed by atoms with Crippen molar-refractivity contribution in [3.05, 3.63) is 0 Å². The predicted molar refractivity (Wildman–Crippen MR) is 98.1 cm³/mol. The fraction of sp³-hybridized carbons (Fsp3) is 1.00. The van der Waals surface area contributed by atoms with E-state index in [1.54, 1.807) is 0 Å². The van der Waals surface area contributed by atoms with E-state index in [4.69, 9.17) is 0 Å². The Morgan fingerprint density at radius 1 is 0.524 bits per heavy atom. The highest BCUT2D eigenvalue weighted by Gasteiger charge is 2.52. The number of thioether (sulfide) groups is 1. The summed E-state index contributed by atoms with van der Waals surface area (Å²) in [5, 5.41) is 0. The van der Waals surface area contributed by atoms with Crippen molar-refractivity contribution in [2.24, 2.45) is 10.8 Å². The van der Waals surface area contributed by atoms with Crippen LogP contribution in [0.3, 0.4) is 0 Å². The zero-order valence-electron chi connectivity index (χ0n) is 15.5. The van der Waals surface area contributed by atoms with E-state index in [0.717, 1.165) is 0 Å². The molecule has 0 spiro atoms. The maximum absolute atomic E-state index is 2.50. The van der Waals surface area contributed by atoms with Crippen LogP contribution in [0.4, 0.5) is 0 Å². The van der Waals surface area contributed by atoms with Crippen molar-refractivity contribution in [2.45, 2.75) is 115 Å². The minimum atomic E-state index is 0.424. The van der Waals surface area contributed by atoms with Gasteiger partial charge in [-0.1, -0.05) is 80.1 Å². The van der Waals surface area contributed by atoms with Gasteiger partial charge in [-0.25, -0.2) is 0 Å². The van der Waals surface area contributed by atoms with Gasteiger partial charge >= 0.3 is 0 Å². The molecular weight excluding hydrogens is 272 g/mol. The van der Waals surface area contributed by atoms with Gasteiger partial charge in [0.05, 0.1) is 0 Å². The lowest BCUT2D eigenvalue weighted by molar-refractivity contribution is 0.187. The van der Waals surface area contributed by atoms with Crippen molar-refractivity contribution in [1.29, 1.82) is 0 Å². The van der Waals surface area contributed by atoms with Crippen LogP contribution in [0.25, 0.3) is 0 Å². The Bertz CT molecular complexity index is 296. The van der Waals surface area contributed by atoms with E-state index >= 15 is 0 Å². The molecule has 0 amide bonds. The fourth-order valence-corrected chi connectivity index (χ4v) is 6.98. The molecule has 1 heteroatoms. The average molecular weight is 311 g/mol. The van der Waals surface area contributed by atoms with Gasteiger partial charge in [-0.05, 0) is 36.5 Å². The normalized spacial score (nSPS) is 26.6. The van der Waals surface area contributed by atoms with Gasteiger partial charge in [-0.3, -0.25) is 0 Å². The summed E-state index contributed by atoms with van der Waals surface area (Å²) in [7, 11) is 0. The Morgan fingerprint density at radius 3 is 1.05 bits per heavy atom. The Morgan fingerprint density at radius 2 is 0.810 bits per heavy atom. The van der Waals surface area contributed by atoms with Gasteiger partial charge in [0.1, 0.15) is 0 Å². The number of rotatable bonds is 2. The number of hydrogen-bond acceptors (Lipinski definition) is 1. The lowest BCUT2D eigenvalue weighted by atomic mass is 9.70. The molecule has 0 aliphatic heterocycles. The highest BCUT2D eigenvalue weighted by atomic mass is 32.2. The largest absolute Gasteiger partial charge is 0.147 e. The molecule has 0 radical (unpaired) electrons. The molecule has 0 unspecified atom stereocenters. The van der Waals surface area contributed by atoms with E-state index in [9.17, 15) is 0 Å². The van der Waals surface area contributed by atoms with Gasteiger partial charge < -0.3 is 0 Å². The molecule has 0 heterocycles. The van der Waals surface area contributed by atoms with E-state index in [2.05, 4.69) is 53.3 Å². The van der Waals surface area contributed by atoms with E-state index in [1.165, 1.54) is 64.2 Å². The summed E-state index contributed by atoms with van der Waals surface area (Å²) in [6.07, 6.45) is 14.5. The molecule has 2 aliphatic rings. The second-order valence-electron chi connectivity index (χ2n) is 9.71. The molecule has 2 fully saturated rings. The summed E-state index contributed by atoms with van der Waals surface area (Å²) in [6, 6.07) is 0. The second kappa shape index (κ2) is 6.10. The third kappa shape index (κ3) is 3.48. The molecule has 124 valence electrons. The monoisotopic (exact) mass is 310 g/mol. The lowest BCUT2D eigenvalue weighted by Crippen LogP contribution is -2.51. The van der Waals surface area contributed by atoms with E-state index in [-0.39, 0.29) is 0 Å². The molecule has 0 aromatic heterocycles. The van der Waals surface area contributed by atoms with E-state index in [0.29, 0.717) is 20.3 Å². The number of hydrogen-bond donors (Lipinski definition) is 0. The predicted octanol–water partition coefficient (Wildman–Crippen LogP) is 7.22. The topological polar surface area (TPSA) is 0 Å². The van der Waals surface area contributed by atoms with Gasteiger partial charge in [0.25, 0.3) is 0 Å². The van der Waals surface area contributed by atoms with Crippen LogP contribution < -0.4 is 0 Å². The van der Waals surface area contributed by atoms with Crippen LogP contribution in [0, 0.1) is 10.8 Å². The summed E-state index contributed by atoms with van der Waals surface area (Å²) in [4.78, 5) is 0. The van der Waals surface area contributed by atoms with Crippen LogP contribution in [-0.2, 0) is 0 Å². The summed E-state index contributed by atoms with van der Waals surface area (Å²) in [5.41, 5.74) is 0.849. The fourth-order valence-electron chi connectivity index (χ4n) is 4.63. The molecular formula is C20H38S. The van der Waals surface area contributed by atoms with Crippen molar-refractivity contribution >= 4 is 11.8 Å². The maximum atomic E-state index is 2.50. The summed E-state index contributed by atoms with van der Waals surface area (Å²) < 4.78 is 1.02. The molecule has 0 atom stereocenters. The Labute approximate surface area is 138 Å². The first kappa shape index (κ1) is 17.7. The smallest absolute Gasteiger partial charge is 0.0214 e. The van der Waals surface area contributed by atoms with Gasteiger partial charge in [0, 0.05) is 9.49 Å². The van der Waals surface area contributed by atoms with Crippen molar-refractivity contribution in [3.8, 4) is 0 Å². The second-order valence-corrected chi connectivity index (χ2v) is 11.5. The zero-order valence-corrected chi connectivity index (χ0v) is 16.3. The van der Waals surface area contributed by atoms with Gasteiger partial charge in [-0.2, -0.15) is 0 Å². The van der Waals surface area contributed by atoms with Crippen molar-refractivity contribution in [3.63, 3.8) is 0 Å². The van der Waals surface area contributed by atoms with E-state index < -0.39 is 0 Å². The Hall–Kier alpha value is 0.350. The summed E-state index contributed by atoms with van der Waals surface area (Å²) >= 11 is 2.45. The molecule has 0 bridgehead atoms. The minimum Gasteiger partial charge on any atom is -0.147 e. The van der Waals surface area contributed by atoms with E-state index in [1.807, 2.05) is 0 Å². The van der Waals surface area contributed by atoms with Crippen molar-refractivity contribution in [1.82, 2.24) is 0 Å². The molecule has 0 N–H and O–H groups in total. The molecule has 0 aromatic carbocycles. The van der Waals surface area contributed by atoms with Crippen LogP contribution in [0.2, 0.25) is 0 Å². The highest BCUT2D eigenvalue weighted by Crippen LogP contribution is 2.62. The van der Waals surface area contributed by atoms with Gasteiger partial charge in [-0.15, -0.1) is 11.8 Å². The third-order valence-electron chi connectivity index (χ3n) is 6.45. The first-order chi connectivity index (χ1) is 9.62. The molecule has 0 nitrogen and oxygen atoms in total. The van der Waals surface area contributed by atoms with Gasteiger partial charge in [0.15, 0.2) is 0 Å². The molecule has 21 heavy (non-hydrogen) atoms. The minimum absolute atomic E-state index is 0.424. The lowest BCUT2D eigenvalue weighted by Gasteiger charge is -2.57. The first-order valence-electron chi connectivity index (χ1n) is 9.32. The van der Waals surface area contributed by atoms with Crippen molar-refractivity contribution < 1.29 is 0 Å². The van der Waals surface area contributed by atoms with Crippen LogP contribution in [0.1, 0.15) is 106 Å². The molecule has 0 aromatic rings. The Balaban J connectivity index is 2.32. The molecule has 2 aliphatic carbocycles. The SMILES string of the molecule is CC(C)(C)C1(SC2(C(C)(C)C)CCCCC2)CCCCC1. The highest BCUT2D eigenvalue weighted by molar-refractivity contribution is 8.02. The van der Waals surface area contributed by atoms with Crippen LogP contribution in [-0.4, -0.2) is 9.49 Å². The molecule has 2 saturated carbocycles. The molecule has 0 saturated heterocycles. The average Bonchev–Trinajstić information content (AvgIpc) is 2.38. The first-order valence-corrected chi connectivity index (χ1v) is 10.1. The summed E-state index contributed by atoms with van der Waals surface area (Å²) in [6.45, 7) is 15.0. The standard InChI is InChI=1S/C20H38S/c1-17(2,3)19(13-9-7-10-14-19)21-20(18(4,5)6)15-11-8-12-16-20/h7-16H2,1-6H3. The quantitative estimate of drug-likeness (QED) is 0.519. The maximum Gasteiger partial charge on any atom is 0.0214 e. The Kier molecular flexibility index (Phi) is 5.14. The molecule has 2 rings (SSSR count). The van der Waals surface area contributed by atoms with Crippen LogP contribution in [0.5, 0.6) is 0 Å². The third-order valence-corrected chi connectivity index (χ3v) is 9.27. The van der Waals surface area contributed by atoms with Crippen LogP contribution in [0.15, 0.2) is 0 Å². The zero-order chi connectivity index (χ0) is 15.8. The van der Waals surface area contributed by atoms with Crippen molar-refractivity contribution in [2.75, 3.05) is 0 Å².